The van der Waals surface area contributed by atoms with Gasteiger partial charge in [-0.15, -0.1) is 0 Å². The molecule has 1 rings (SSSR count). The molecular weight excluding hydrogens is 306 g/mol. The third-order valence-electron chi connectivity index (χ3n) is 3.03. The second-order valence-corrected chi connectivity index (χ2v) is 6.32. The Bertz CT molecular complexity index is 533. The van der Waals surface area contributed by atoms with Crippen LogP contribution < -0.4 is 10.6 Å². The molecule has 1 amide bonds. The quantitative estimate of drug-likeness (QED) is 0.746. The highest BCUT2D eigenvalue weighted by Crippen LogP contribution is 2.14. The standard InChI is InChI=1S/C16H24F2N2O3/c1-16(2,3)23-15(22)20-13(14(21)9-19-4)8-10-7-11(17)5-6-12(10)18/h5-7,13-14,19,21H,8-9H2,1-4H3,(H,20,22)/t13-,14+/m1/s1. The van der Waals surface area contributed by atoms with Crippen molar-refractivity contribution in [1.29, 1.82) is 0 Å². The van der Waals surface area contributed by atoms with Gasteiger partial charge in [0.1, 0.15) is 17.2 Å². The number of nitrogens with one attached hydrogen (secondary N) is 2. The number of hydrogen-bond donors (Lipinski definition) is 3. The SMILES string of the molecule is CNC[C@H](O)[C@@H](Cc1cc(F)ccc1F)NC(=O)OC(C)(C)C. The predicted octanol–water partition coefficient (Wildman–Crippen LogP) is 1.98. The smallest absolute Gasteiger partial charge is 0.407 e. The summed E-state index contributed by atoms with van der Waals surface area (Å²) in [6, 6.07) is 2.25. The van der Waals surface area contributed by atoms with Crippen molar-refractivity contribution in [3.8, 4) is 0 Å². The van der Waals surface area contributed by atoms with Crippen LogP contribution in [0.2, 0.25) is 0 Å². The minimum Gasteiger partial charge on any atom is -0.444 e. The maximum absolute atomic E-state index is 13.8. The predicted molar refractivity (Wildman–Crippen MR) is 83.2 cm³/mol. The Hall–Kier alpha value is -1.73. The highest BCUT2D eigenvalue weighted by Gasteiger charge is 2.25. The third-order valence-corrected chi connectivity index (χ3v) is 3.03. The molecule has 0 bridgehead atoms. The van der Waals surface area contributed by atoms with Crippen molar-refractivity contribution in [1.82, 2.24) is 10.6 Å². The summed E-state index contributed by atoms with van der Waals surface area (Å²) in [4.78, 5) is 11.9. The number of benzene rings is 1. The summed E-state index contributed by atoms with van der Waals surface area (Å²) in [6.45, 7) is 5.30. The summed E-state index contributed by atoms with van der Waals surface area (Å²) < 4.78 is 32.2. The molecule has 0 spiro atoms. The Morgan fingerprint density at radius 3 is 2.57 bits per heavy atom. The van der Waals surface area contributed by atoms with Crippen LogP contribution in [-0.2, 0) is 11.2 Å². The Kier molecular flexibility index (Phi) is 6.90. The molecule has 0 unspecified atom stereocenters. The molecule has 0 aromatic heterocycles. The van der Waals surface area contributed by atoms with Crippen LogP contribution >= 0.6 is 0 Å². The van der Waals surface area contributed by atoms with Crippen LogP contribution in [0.3, 0.4) is 0 Å². The van der Waals surface area contributed by atoms with Crippen LogP contribution in [0.25, 0.3) is 0 Å². The lowest BCUT2D eigenvalue weighted by Gasteiger charge is -2.27. The summed E-state index contributed by atoms with van der Waals surface area (Å²) in [5.74, 6) is -1.18. The number of amides is 1. The molecule has 23 heavy (non-hydrogen) atoms. The first-order chi connectivity index (χ1) is 10.6. The minimum absolute atomic E-state index is 0.0638. The fourth-order valence-corrected chi connectivity index (χ4v) is 2.03. The first-order valence-corrected chi connectivity index (χ1v) is 7.38. The van der Waals surface area contributed by atoms with E-state index in [0.29, 0.717) is 0 Å². The minimum atomic E-state index is -0.991. The number of halogens is 2. The molecule has 1 aromatic rings. The monoisotopic (exact) mass is 330 g/mol. The van der Waals surface area contributed by atoms with Crippen molar-refractivity contribution in [2.75, 3.05) is 13.6 Å². The van der Waals surface area contributed by atoms with Gasteiger partial charge in [-0.25, -0.2) is 13.6 Å². The zero-order valence-electron chi connectivity index (χ0n) is 13.8. The molecule has 0 radical (unpaired) electrons. The average molecular weight is 330 g/mol. The molecule has 0 heterocycles. The van der Waals surface area contributed by atoms with Crippen LogP contribution in [0.5, 0.6) is 0 Å². The molecule has 0 aliphatic rings. The van der Waals surface area contributed by atoms with Gasteiger partial charge in [-0.1, -0.05) is 0 Å². The van der Waals surface area contributed by atoms with E-state index in [2.05, 4.69) is 10.6 Å². The van der Waals surface area contributed by atoms with Crippen molar-refractivity contribution in [2.45, 2.75) is 44.9 Å². The second-order valence-electron chi connectivity index (χ2n) is 6.32. The third kappa shape index (κ3) is 6.92. The Balaban J connectivity index is 2.88. The Morgan fingerprint density at radius 1 is 1.35 bits per heavy atom. The van der Waals surface area contributed by atoms with Crippen LogP contribution in [0.15, 0.2) is 18.2 Å². The Labute approximate surface area is 135 Å². The number of rotatable bonds is 6. The summed E-state index contributed by atoms with van der Waals surface area (Å²) >= 11 is 0. The van der Waals surface area contributed by atoms with Crippen LogP contribution in [0.4, 0.5) is 13.6 Å². The van der Waals surface area contributed by atoms with Crippen LogP contribution in [0, 0.1) is 11.6 Å². The number of likely N-dealkylation sites (N-methyl/N-ethyl adjacent to an activating group) is 1. The molecular formula is C16H24F2N2O3. The van der Waals surface area contributed by atoms with Gasteiger partial charge in [0.2, 0.25) is 0 Å². The Morgan fingerprint density at radius 2 is 2.00 bits per heavy atom. The largest absolute Gasteiger partial charge is 0.444 e. The summed E-state index contributed by atoms with van der Waals surface area (Å²) in [7, 11) is 1.64. The number of alkyl carbamates (subject to hydrolysis) is 1. The summed E-state index contributed by atoms with van der Waals surface area (Å²) in [5.41, 5.74) is -0.631. The highest BCUT2D eigenvalue weighted by atomic mass is 19.1. The van der Waals surface area contributed by atoms with E-state index in [-0.39, 0.29) is 18.5 Å². The fourth-order valence-electron chi connectivity index (χ4n) is 2.03. The lowest BCUT2D eigenvalue weighted by Crippen LogP contribution is -2.49. The fraction of sp³-hybridized carbons (Fsp3) is 0.562. The molecule has 7 heteroatoms. The van der Waals surface area contributed by atoms with Crippen molar-refractivity contribution in [3.63, 3.8) is 0 Å². The first kappa shape index (κ1) is 19.3. The molecule has 2 atom stereocenters. The van der Waals surface area contributed by atoms with E-state index >= 15 is 0 Å². The number of hydrogen-bond acceptors (Lipinski definition) is 4. The zero-order valence-corrected chi connectivity index (χ0v) is 13.8. The van der Waals surface area contributed by atoms with E-state index in [1.54, 1.807) is 27.8 Å². The number of ether oxygens (including phenoxy) is 1. The van der Waals surface area contributed by atoms with Gasteiger partial charge < -0.3 is 20.5 Å². The van der Waals surface area contributed by atoms with Gasteiger partial charge in [-0.05, 0) is 58.0 Å². The maximum atomic E-state index is 13.8. The number of aliphatic hydroxyl groups excluding tert-OH is 1. The first-order valence-electron chi connectivity index (χ1n) is 7.38. The van der Waals surface area contributed by atoms with E-state index in [4.69, 9.17) is 4.74 Å². The van der Waals surface area contributed by atoms with Crippen LogP contribution in [0.1, 0.15) is 26.3 Å². The number of aliphatic hydroxyl groups is 1. The van der Waals surface area contributed by atoms with Gasteiger partial charge >= 0.3 is 6.09 Å². The molecule has 3 N–H and O–H groups in total. The molecule has 0 saturated carbocycles. The normalized spacial score (nSPS) is 14.2. The molecule has 5 nitrogen and oxygen atoms in total. The molecule has 1 aromatic carbocycles. The lowest BCUT2D eigenvalue weighted by atomic mass is 10.0. The van der Waals surface area contributed by atoms with Gasteiger partial charge in [-0.2, -0.15) is 0 Å². The van der Waals surface area contributed by atoms with E-state index in [1.807, 2.05) is 0 Å². The van der Waals surface area contributed by atoms with Crippen molar-refractivity contribution < 1.29 is 23.4 Å². The summed E-state index contributed by atoms with van der Waals surface area (Å²) in [6.07, 6.45) is -1.78. The van der Waals surface area contributed by atoms with Crippen molar-refractivity contribution in [3.05, 3.63) is 35.4 Å². The molecule has 0 saturated heterocycles. The molecule has 0 fully saturated rings. The number of carbonyl (C=O) groups excluding carboxylic acids is 1. The van der Waals surface area contributed by atoms with Crippen molar-refractivity contribution in [2.24, 2.45) is 0 Å². The highest BCUT2D eigenvalue weighted by molar-refractivity contribution is 5.68. The van der Waals surface area contributed by atoms with E-state index < -0.39 is 35.5 Å². The maximum Gasteiger partial charge on any atom is 0.407 e. The lowest BCUT2D eigenvalue weighted by molar-refractivity contribution is 0.0423. The van der Waals surface area contributed by atoms with Gasteiger partial charge in [0, 0.05) is 6.54 Å². The van der Waals surface area contributed by atoms with E-state index in [9.17, 15) is 18.7 Å². The van der Waals surface area contributed by atoms with E-state index in [1.165, 1.54) is 0 Å². The molecule has 0 aliphatic carbocycles. The van der Waals surface area contributed by atoms with Crippen molar-refractivity contribution >= 4 is 6.09 Å². The zero-order chi connectivity index (χ0) is 17.6. The summed E-state index contributed by atoms with van der Waals surface area (Å²) in [5, 5.41) is 15.4. The van der Waals surface area contributed by atoms with Gasteiger partial charge in [0.05, 0.1) is 12.1 Å². The topological polar surface area (TPSA) is 70.6 Å². The van der Waals surface area contributed by atoms with Gasteiger partial charge in [0.15, 0.2) is 0 Å². The van der Waals surface area contributed by atoms with Gasteiger partial charge in [0.25, 0.3) is 0 Å². The van der Waals surface area contributed by atoms with Crippen LogP contribution in [-0.4, -0.2) is 42.5 Å². The van der Waals surface area contributed by atoms with E-state index in [0.717, 1.165) is 18.2 Å². The molecule has 130 valence electrons. The molecule has 0 aliphatic heterocycles. The van der Waals surface area contributed by atoms with Gasteiger partial charge in [-0.3, -0.25) is 0 Å². The second kappa shape index (κ2) is 8.21. The number of carbonyl (C=O) groups is 1. The average Bonchev–Trinajstić information content (AvgIpc) is 2.40.